The zero-order valence-corrected chi connectivity index (χ0v) is 9.73. The summed E-state index contributed by atoms with van der Waals surface area (Å²) in [7, 11) is 0. The van der Waals surface area contributed by atoms with Gasteiger partial charge in [0.15, 0.2) is 0 Å². The summed E-state index contributed by atoms with van der Waals surface area (Å²) in [4.78, 5) is 0. The van der Waals surface area contributed by atoms with Crippen molar-refractivity contribution in [1.82, 2.24) is 0 Å². The predicted molar refractivity (Wildman–Crippen MR) is 57.4 cm³/mol. The van der Waals surface area contributed by atoms with Crippen LogP contribution >= 0.6 is 23.5 Å². The first kappa shape index (κ1) is 9.79. The molecule has 11 heavy (non-hydrogen) atoms. The van der Waals surface area contributed by atoms with Crippen LogP contribution < -0.4 is 0 Å². The van der Waals surface area contributed by atoms with Crippen LogP contribution in [-0.4, -0.2) is 15.1 Å². The van der Waals surface area contributed by atoms with Gasteiger partial charge in [-0.25, -0.2) is 0 Å². The molecule has 0 aromatic carbocycles. The molecule has 0 unspecified atom stereocenters. The molecule has 0 N–H and O–H groups in total. The van der Waals surface area contributed by atoms with E-state index in [1.54, 1.807) is 0 Å². The summed E-state index contributed by atoms with van der Waals surface area (Å²) < 4.78 is 0.437. The predicted octanol–water partition coefficient (Wildman–Crippen LogP) is 3.62. The van der Waals surface area contributed by atoms with Crippen LogP contribution in [0.1, 0.15) is 34.6 Å². The van der Waals surface area contributed by atoms with E-state index in [1.807, 2.05) is 0 Å². The van der Waals surface area contributed by atoms with Crippen LogP contribution in [0, 0.1) is 5.41 Å². The third kappa shape index (κ3) is 1.89. The Morgan fingerprint density at radius 3 is 2.09 bits per heavy atom. The van der Waals surface area contributed by atoms with Gasteiger partial charge in [-0.05, 0) is 12.3 Å². The second-order valence-corrected chi connectivity index (χ2v) is 7.99. The lowest BCUT2D eigenvalue weighted by Crippen LogP contribution is -2.31. The lowest BCUT2D eigenvalue weighted by Gasteiger charge is -2.37. The Balaban J connectivity index is 2.69. The highest BCUT2D eigenvalue weighted by Gasteiger charge is 2.43. The minimum absolute atomic E-state index is 0.424. The van der Waals surface area contributed by atoms with E-state index in [4.69, 9.17) is 0 Å². The van der Waals surface area contributed by atoms with E-state index in [-0.39, 0.29) is 0 Å². The van der Waals surface area contributed by atoms with Gasteiger partial charge in [0.1, 0.15) is 0 Å². The maximum atomic E-state index is 2.38. The normalized spacial score (nSPS) is 39.5. The second-order valence-electron chi connectivity index (χ2n) is 4.44. The molecule has 1 saturated heterocycles. The molecule has 0 bridgehead atoms. The highest BCUT2D eigenvalue weighted by atomic mass is 32.2. The fourth-order valence-corrected chi connectivity index (χ4v) is 4.67. The molecule has 0 radical (unpaired) electrons. The van der Waals surface area contributed by atoms with Gasteiger partial charge in [0.25, 0.3) is 0 Å². The minimum Gasteiger partial charge on any atom is -0.143 e. The molecule has 2 heteroatoms. The van der Waals surface area contributed by atoms with E-state index in [1.165, 1.54) is 5.75 Å². The molecule has 1 fully saturated rings. The van der Waals surface area contributed by atoms with Crippen molar-refractivity contribution in [3.63, 3.8) is 0 Å². The van der Waals surface area contributed by atoms with Gasteiger partial charge < -0.3 is 0 Å². The Bertz CT molecular complexity index is 148. The molecule has 0 amide bonds. The van der Waals surface area contributed by atoms with E-state index in [0.717, 1.165) is 5.25 Å². The summed E-state index contributed by atoms with van der Waals surface area (Å²) in [5.74, 6) is 1.32. The fraction of sp³-hybridized carbons (Fsp3) is 1.00. The SMILES string of the molecule is C[C@@H]1CS[C@@](C)(C(C)(C)C)S1. The zero-order chi connectivity index (χ0) is 8.70. The minimum atomic E-state index is 0.424. The summed E-state index contributed by atoms with van der Waals surface area (Å²) in [6, 6.07) is 0. The van der Waals surface area contributed by atoms with Crippen LogP contribution in [0.2, 0.25) is 0 Å². The van der Waals surface area contributed by atoms with E-state index < -0.39 is 0 Å². The topological polar surface area (TPSA) is 0 Å². The van der Waals surface area contributed by atoms with Crippen molar-refractivity contribution >= 4 is 23.5 Å². The Morgan fingerprint density at radius 2 is 1.91 bits per heavy atom. The highest BCUT2D eigenvalue weighted by Crippen LogP contribution is 2.56. The summed E-state index contributed by atoms with van der Waals surface area (Å²) in [5.41, 5.74) is 0.424. The molecular formula is C9H18S2. The second kappa shape index (κ2) is 2.88. The van der Waals surface area contributed by atoms with Gasteiger partial charge in [0, 0.05) is 11.0 Å². The molecule has 1 aliphatic rings. The number of hydrogen-bond donors (Lipinski definition) is 0. The maximum Gasteiger partial charge on any atom is 0.0634 e. The third-order valence-corrected chi connectivity index (χ3v) is 6.70. The number of thioether (sulfide) groups is 2. The first-order valence-electron chi connectivity index (χ1n) is 4.17. The molecule has 1 aliphatic heterocycles. The Labute approximate surface area is 78.9 Å². The average molecular weight is 190 g/mol. The molecule has 0 saturated carbocycles. The largest absolute Gasteiger partial charge is 0.143 e. The molecule has 2 atom stereocenters. The van der Waals surface area contributed by atoms with Gasteiger partial charge in [0.2, 0.25) is 0 Å². The van der Waals surface area contributed by atoms with Crippen molar-refractivity contribution in [2.45, 2.75) is 43.9 Å². The van der Waals surface area contributed by atoms with Crippen molar-refractivity contribution in [1.29, 1.82) is 0 Å². The van der Waals surface area contributed by atoms with Crippen molar-refractivity contribution < 1.29 is 0 Å². The van der Waals surface area contributed by atoms with E-state index >= 15 is 0 Å². The molecule has 0 spiro atoms. The van der Waals surface area contributed by atoms with Gasteiger partial charge in [-0.3, -0.25) is 0 Å². The van der Waals surface area contributed by atoms with Gasteiger partial charge >= 0.3 is 0 Å². The quantitative estimate of drug-likeness (QED) is 0.572. The average Bonchev–Trinajstić information content (AvgIpc) is 2.10. The van der Waals surface area contributed by atoms with E-state index in [9.17, 15) is 0 Å². The molecule has 0 aromatic heterocycles. The Morgan fingerprint density at radius 1 is 1.36 bits per heavy atom. The zero-order valence-electron chi connectivity index (χ0n) is 8.10. The molecule has 1 rings (SSSR count). The van der Waals surface area contributed by atoms with Crippen LogP contribution in [0.15, 0.2) is 0 Å². The lowest BCUT2D eigenvalue weighted by atomic mass is 9.92. The van der Waals surface area contributed by atoms with Gasteiger partial charge in [-0.1, -0.05) is 27.7 Å². The summed E-state index contributed by atoms with van der Waals surface area (Å²) >= 11 is 4.26. The molecule has 0 nitrogen and oxygen atoms in total. The molecule has 0 aromatic rings. The van der Waals surface area contributed by atoms with Gasteiger partial charge in [-0.2, -0.15) is 0 Å². The molecule has 66 valence electrons. The van der Waals surface area contributed by atoms with Crippen molar-refractivity contribution in [3.05, 3.63) is 0 Å². The summed E-state index contributed by atoms with van der Waals surface area (Å²) in [6.07, 6.45) is 0. The molecular weight excluding hydrogens is 172 g/mol. The summed E-state index contributed by atoms with van der Waals surface area (Å²) in [6.45, 7) is 11.7. The fourth-order valence-electron chi connectivity index (χ4n) is 1.12. The Hall–Kier alpha value is 0.700. The highest BCUT2D eigenvalue weighted by molar-refractivity contribution is 8.21. The van der Waals surface area contributed by atoms with Gasteiger partial charge in [0.05, 0.1) is 4.08 Å². The standard InChI is InChI=1S/C9H18S2/c1-7-6-10-9(5,11-7)8(2,3)4/h7H,6H2,1-5H3/t7-,9-/m1/s1. The van der Waals surface area contributed by atoms with E-state index in [0.29, 0.717) is 9.49 Å². The number of hydrogen-bond acceptors (Lipinski definition) is 2. The van der Waals surface area contributed by atoms with Crippen LogP contribution in [0.5, 0.6) is 0 Å². The van der Waals surface area contributed by atoms with Crippen molar-refractivity contribution in [3.8, 4) is 0 Å². The van der Waals surface area contributed by atoms with Crippen LogP contribution in [-0.2, 0) is 0 Å². The van der Waals surface area contributed by atoms with Crippen LogP contribution in [0.3, 0.4) is 0 Å². The number of rotatable bonds is 0. The van der Waals surface area contributed by atoms with Crippen molar-refractivity contribution in [2.75, 3.05) is 5.75 Å². The van der Waals surface area contributed by atoms with Gasteiger partial charge in [-0.15, -0.1) is 23.5 Å². The van der Waals surface area contributed by atoms with E-state index in [2.05, 4.69) is 58.1 Å². The third-order valence-electron chi connectivity index (χ3n) is 2.38. The maximum absolute atomic E-state index is 2.38. The van der Waals surface area contributed by atoms with Crippen LogP contribution in [0.25, 0.3) is 0 Å². The van der Waals surface area contributed by atoms with Crippen LogP contribution in [0.4, 0.5) is 0 Å². The first-order chi connectivity index (χ1) is 4.85. The lowest BCUT2D eigenvalue weighted by molar-refractivity contribution is 0.386. The smallest absolute Gasteiger partial charge is 0.0634 e. The molecule has 0 aliphatic carbocycles. The monoisotopic (exact) mass is 190 g/mol. The Kier molecular flexibility index (Phi) is 2.56. The van der Waals surface area contributed by atoms with Crippen molar-refractivity contribution in [2.24, 2.45) is 5.41 Å². The first-order valence-corrected chi connectivity index (χ1v) is 6.03. The molecule has 1 heterocycles. The summed E-state index contributed by atoms with van der Waals surface area (Å²) in [5, 5.41) is 0.837.